The summed E-state index contributed by atoms with van der Waals surface area (Å²) in [5.74, 6) is 0.256. The zero-order valence-electron chi connectivity index (χ0n) is 16.4. The van der Waals surface area contributed by atoms with Crippen molar-refractivity contribution >= 4 is 17.9 Å². The molecule has 1 fully saturated rings. The van der Waals surface area contributed by atoms with Crippen molar-refractivity contribution in [3.63, 3.8) is 0 Å². The normalized spacial score (nSPS) is 20.0. The number of nitrogens with zero attached hydrogens (tertiary/aromatic N) is 3. The molecular formula is C19H28FN5O2. The Hall–Kier alpha value is -2.64. The quantitative estimate of drug-likeness (QED) is 0.330. The third-order valence-corrected chi connectivity index (χ3v) is 4.80. The highest BCUT2D eigenvalue weighted by molar-refractivity contribution is 6.06. The second kappa shape index (κ2) is 8.83. The molecule has 1 aromatic rings. The Bertz CT molecular complexity index is 707. The molecule has 0 aromatic heterocycles. The summed E-state index contributed by atoms with van der Waals surface area (Å²) in [4.78, 5) is 31.8. The van der Waals surface area contributed by atoms with Gasteiger partial charge < -0.3 is 15.5 Å². The van der Waals surface area contributed by atoms with E-state index < -0.39 is 5.54 Å². The standard InChI is InChI=1S/C19H28FN5O2/c1-5-19(2)16(26)25(18(27)23-19)12-6-11-22-17(21-3)24(4)13-14-7-9-15(20)10-8-14/h7-10H,5-6,11-13H2,1-4H3,(H,21,22)(H,23,27). The Labute approximate surface area is 159 Å². The van der Waals surface area contributed by atoms with Crippen LogP contribution in [0.1, 0.15) is 32.3 Å². The van der Waals surface area contributed by atoms with E-state index in [0.717, 1.165) is 5.56 Å². The van der Waals surface area contributed by atoms with E-state index in [1.165, 1.54) is 17.0 Å². The predicted octanol–water partition coefficient (Wildman–Crippen LogP) is 1.94. The van der Waals surface area contributed by atoms with Gasteiger partial charge in [-0.3, -0.25) is 14.7 Å². The first kappa shape index (κ1) is 20.7. The van der Waals surface area contributed by atoms with Crippen LogP contribution in [0, 0.1) is 5.82 Å². The molecule has 1 saturated heterocycles. The van der Waals surface area contributed by atoms with Gasteiger partial charge in [-0.15, -0.1) is 0 Å². The van der Waals surface area contributed by atoms with Crippen molar-refractivity contribution in [1.82, 2.24) is 20.4 Å². The average Bonchev–Trinajstić information content (AvgIpc) is 2.86. The molecule has 1 unspecified atom stereocenters. The molecule has 1 heterocycles. The van der Waals surface area contributed by atoms with Crippen molar-refractivity contribution < 1.29 is 14.0 Å². The van der Waals surface area contributed by atoms with Gasteiger partial charge in [0.25, 0.3) is 5.91 Å². The first-order chi connectivity index (χ1) is 12.8. The Morgan fingerprint density at radius 1 is 1.33 bits per heavy atom. The fraction of sp³-hybridized carbons (Fsp3) is 0.526. The Balaban J connectivity index is 1.80. The maximum atomic E-state index is 13.0. The lowest BCUT2D eigenvalue weighted by Gasteiger charge is -2.23. The van der Waals surface area contributed by atoms with Crippen LogP contribution in [0.2, 0.25) is 0 Å². The molecule has 1 aliphatic rings. The molecule has 27 heavy (non-hydrogen) atoms. The van der Waals surface area contributed by atoms with Crippen molar-refractivity contribution in [2.24, 2.45) is 4.99 Å². The van der Waals surface area contributed by atoms with Crippen LogP contribution < -0.4 is 10.6 Å². The predicted molar refractivity (Wildman–Crippen MR) is 103 cm³/mol. The fourth-order valence-corrected chi connectivity index (χ4v) is 2.95. The minimum Gasteiger partial charge on any atom is -0.356 e. The number of rotatable bonds is 7. The molecule has 1 atom stereocenters. The van der Waals surface area contributed by atoms with E-state index in [9.17, 15) is 14.0 Å². The third-order valence-electron chi connectivity index (χ3n) is 4.80. The van der Waals surface area contributed by atoms with E-state index in [0.29, 0.717) is 38.4 Å². The molecule has 0 aliphatic carbocycles. The average molecular weight is 377 g/mol. The van der Waals surface area contributed by atoms with Gasteiger partial charge in [-0.05, 0) is 37.5 Å². The number of aliphatic imine (C=N–C) groups is 1. The van der Waals surface area contributed by atoms with E-state index >= 15 is 0 Å². The molecule has 1 aromatic carbocycles. The molecule has 8 heteroatoms. The smallest absolute Gasteiger partial charge is 0.325 e. The molecule has 1 aliphatic heterocycles. The Kier molecular flexibility index (Phi) is 6.76. The van der Waals surface area contributed by atoms with E-state index in [-0.39, 0.29) is 17.8 Å². The number of benzene rings is 1. The van der Waals surface area contributed by atoms with Gasteiger partial charge >= 0.3 is 6.03 Å². The first-order valence-electron chi connectivity index (χ1n) is 9.11. The van der Waals surface area contributed by atoms with Crippen LogP contribution in [0.25, 0.3) is 0 Å². The van der Waals surface area contributed by atoms with Crippen molar-refractivity contribution in [2.75, 3.05) is 27.2 Å². The lowest BCUT2D eigenvalue weighted by molar-refractivity contribution is -0.130. The molecule has 0 spiro atoms. The minimum absolute atomic E-state index is 0.173. The minimum atomic E-state index is -0.796. The molecule has 148 valence electrons. The number of imide groups is 1. The highest BCUT2D eigenvalue weighted by Crippen LogP contribution is 2.20. The lowest BCUT2D eigenvalue weighted by Crippen LogP contribution is -2.43. The van der Waals surface area contributed by atoms with Gasteiger partial charge in [0.1, 0.15) is 11.4 Å². The van der Waals surface area contributed by atoms with Gasteiger partial charge in [0.2, 0.25) is 0 Å². The van der Waals surface area contributed by atoms with Crippen LogP contribution in [0.3, 0.4) is 0 Å². The Morgan fingerprint density at radius 2 is 2.00 bits per heavy atom. The first-order valence-corrected chi connectivity index (χ1v) is 9.11. The summed E-state index contributed by atoms with van der Waals surface area (Å²) >= 11 is 0. The van der Waals surface area contributed by atoms with Gasteiger partial charge in [-0.1, -0.05) is 19.1 Å². The van der Waals surface area contributed by atoms with Crippen LogP contribution in [-0.4, -0.2) is 60.4 Å². The van der Waals surface area contributed by atoms with Gasteiger partial charge in [-0.25, -0.2) is 9.18 Å². The molecule has 2 N–H and O–H groups in total. The summed E-state index contributed by atoms with van der Waals surface area (Å²) in [5, 5.41) is 5.97. The molecule has 0 saturated carbocycles. The maximum absolute atomic E-state index is 13.0. The second-order valence-electron chi connectivity index (χ2n) is 6.88. The number of halogens is 1. The molecule has 0 radical (unpaired) electrons. The van der Waals surface area contributed by atoms with E-state index in [2.05, 4.69) is 15.6 Å². The van der Waals surface area contributed by atoms with Crippen LogP contribution in [-0.2, 0) is 11.3 Å². The number of nitrogens with one attached hydrogen (secondary N) is 2. The zero-order valence-corrected chi connectivity index (χ0v) is 16.4. The van der Waals surface area contributed by atoms with Gasteiger partial charge in [0, 0.05) is 33.7 Å². The molecule has 7 nitrogen and oxygen atoms in total. The monoisotopic (exact) mass is 377 g/mol. The van der Waals surface area contributed by atoms with Crippen LogP contribution in [0.5, 0.6) is 0 Å². The van der Waals surface area contributed by atoms with Crippen molar-refractivity contribution in [1.29, 1.82) is 0 Å². The number of urea groups is 1. The third kappa shape index (κ3) is 4.96. The van der Waals surface area contributed by atoms with E-state index in [4.69, 9.17) is 0 Å². The SMILES string of the molecule is CCC1(C)NC(=O)N(CCCNC(=NC)N(C)Cc2ccc(F)cc2)C1=O. The number of carbonyl (C=O) groups is 2. The highest BCUT2D eigenvalue weighted by atomic mass is 19.1. The summed E-state index contributed by atoms with van der Waals surface area (Å²) in [6, 6.07) is 6.01. The largest absolute Gasteiger partial charge is 0.356 e. The summed E-state index contributed by atoms with van der Waals surface area (Å²) in [6.07, 6.45) is 1.18. The summed E-state index contributed by atoms with van der Waals surface area (Å²) < 4.78 is 13.0. The number of carbonyl (C=O) groups excluding carboxylic acids is 2. The van der Waals surface area contributed by atoms with Crippen LogP contribution in [0.15, 0.2) is 29.3 Å². The number of amides is 3. The highest BCUT2D eigenvalue weighted by Gasteiger charge is 2.45. The van der Waals surface area contributed by atoms with Crippen LogP contribution in [0.4, 0.5) is 9.18 Å². The molecule has 3 amide bonds. The maximum Gasteiger partial charge on any atom is 0.325 e. The van der Waals surface area contributed by atoms with Gasteiger partial charge in [0.15, 0.2) is 5.96 Å². The van der Waals surface area contributed by atoms with Crippen molar-refractivity contribution in [2.45, 2.75) is 38.8 Å². The molecule has 2 rings (SSSR count). The number of hydrogen-bond acceptors (Lipinski definition) is 3. The number of hydrogen-bond donors (Lipinski definition) is 2. The Morgan fingerprint density at radius 3 is 2.56 bits per heavy atom. The molecular weight excluding hydrogens is 349 g/mol. The summed E-state index contributed by atoms with van der Waals surface area (Å²) in [6.45, 7) is 5.13. The topological polar surface area (TPSA) is 77.0 Å². The second-order valence-corrected chi connectivity index (χ2v) is 6.88. The van der Waals surface area contributed by atoms with Gasteiger partial charge in [0.05, 0.1) is 0 Å². The molecule has 0 bridgehead atoms. The lowest BCUT2D eigenvalue weighted by atomic mass is 9.99. The van der Waals surface area contributed by atoms with E-state index in [1.54, 1.807) is 26.1 Å². The summed E-state index contributed by atoms with van der Waals surface area (Å²) in [5.41, 5.74) is 0.177. The van der Waals surface area contributed by atoms with Gasteiger partial charge in [-0.2, -0.15) is 0 Å². The van der Waals surface area contributed by atoms with E-state index in [1.807, 2.05) is 18.9 Å². The van der Waals surface area contributed by atoms with Crippen molar-refractivity contribution in [3.05, 3.63) is 35.6 Å². The van der Waals surface area contributed by atoms with Crippen LogP contribution >= 0.6 is 0 Å². The zero-order chi connectivity index (χ0) is 20.0. The van der Waals surface area contributed by atoms with Crippen molar-refractivity contribution in [3.8, 4) is 0 Å². The summed E-state index contributed by atoms with van der Waals surface area (Å²) in [7, 11) is 3.58. The number of guanidine groups is 1. The fourth-order valence-electron chi connectivity index (χ4n) is 2.95.